The number of hydrogen-bond acceptors (Lipinski definition) is 3. The molecular formula is C13H26N2OS. The summed E-state index contributed by atoms with van der Waals surface area (Å²) in [5, 5.41) is 6.43. The summed E-state index contributed by atoms with van der Waals surface area (Å²) >= 11 is 1.99. The number of unbranched alkanes of at least 4 members (excludes halogenated alkanes) is 2. The van der Waals surface area contributed by atoms with Gasteiger partial charge in [0.15, 0.2) is 0 Å². The quantitative estimate of drug-likeness (QED) is 0.688. The van der Waals surface area contributed by atoms with Crippen LogP contribution in [0.5, 0.6) is 0 Å². The highest BCUT2D eigenvalue weighted by atomic mass is 32.2. The first-order valence-electron chi connectivity index (χ1n) is 6.85. The molecule has 1 aliphatic rings. The van der Waals surface area contributed by atoms with E-state index < -0.39 is 0 Å². The van der Waals surface area contributed by atoms with Crippen molar-refractivity contribution < 1.29 is 4.79 Å². The van der Waals surface area contributed by atoms with Crippen LogP contribution < -0.4 is 10.6 Å². The first-order chi connectivity index (χ1) is 8.24. The van der Waals surface area contributed by atoms with Gasteiger partial charge in [-0.15, -0.1) is 0 Å². The van der Waals surface area contributed by atoms with Crippen molar-refractivity contribution in [3.05, 3.63) is 0 Å². The Labute approximate surface area is 109 Å². The van der Waals surface area contributed by atoms with Crippen LogP contribution in [0.2, 0.25) is 0 Å². The Morgan fingerprint density at radius 1 is 1.47 bits per heavy atom. The summed E-state index contributed by atoms with van der Waals surface area (Å²) in [5.74, 6) is 2.57. The monoisotopic (exact) mass is 258 g/mol. The molecule has 0 aromatic rings. The summed E-state index contributed by atoms with van der Waals surface area (Å²) in [5.41, 5.74) is 0. The van der Waals surface area contributed by atoms with E-state index >= 15 is 0 Å². The van der Waals surface area contributed by atoms with Crippen LogP contribution in [0.4, 0.5) is 0 Å². The number of nitrogens with one attached hydrogen (secondary N) is 2. The zero-order valence-corrected chi connectivity index (χ0v) is 11.9. The summed E-state index contributed by atoms with van der Waals surface area (Å²) in [4.78, 5) is 11.8. The molecule has 3 nitrogen and oxygen atoms in total. The summed E-state index contributed by atoms with van der Waals surface area (Å²) in [6.07, 6.45) is 5.96. The number of amides is 1. The molecule has 100 valence electrons. The molecule has 0 aromatic carbocycles. The van der Waals surface area contributed by atoms with Gasteiger partial charge in [-0.1, -0.05) is 19.8 Å². The second-order valence-corrected chi connectivity index (χ2v) is 5.95. The molecule has 1 heterocycles. The molecule has 2 N–H and O–H groups in total. The minimum Gasteiger partial charge on any atom is -0.355 e. The zero-order valence-electron chi connectivity index (χ0n) is 11.1. The molecule has 1 aliphatic heterocycles. The maximum atomic E-state index is 11.8. The second kappa shape index (κ2) is 8.81. The summed E-state index contributed by atoms with van der Waals surface area (Å²) in [6, 6.07) is 0.463. The molecule has 0 saturated carbocycles. The van der Waals surface area contributed by atoms with Crippen molar-refractivity contribution in [3.8, 4) is 0 Å². The summed E-state index contributed by atoms with van der Waals surface area (Å²) in [6.45, 7) is 4.96. The van der Waals surface area contributed by atoms with Gasteiger partial charge in [0.1, 0.15) is 0 Å². The van der Waals surface area contributed by atoms with E-state index in [4.69, 9.17) is 0 Å². The Bertz CT molecular complexity index is 217. The molecule has 0 bridgehead atoms. The van der Waals surface area contributed by atoms with Gasteiger partial charge in [0.05, 0.1) is 6.04 Å². The smallest absolute Gasteiger partial charge is 0.236 e. The van der Waals surface area contributed by atoms with Crippen molar-refractivity contribution >= 4 is 17.7 Å². The second-order valence-electron chi connectivity index (χ2n) is 4.80. The molecule has 0 aliphatic carbocycles. The molecule has 1 saturated heterocycles. The van der Waals surface area contributed by atoms with Gasteiger partial charge < -0.3 is 10.6 Å². The average molecular weight is 258 g/mol. The lowest BCUT2D eigenvalue weighted by atomic mass is 10.1. The molecule has 0 aromatic heterocycles. The van der Waals surface area contributed by atoms with E-state index in [1.165, 1.54) is 31.4 Å². The van der Waals surface area contributed by atoms with E-state index in [1.54, 1.807) is 0 Å². The highest BCUT2D eigenvalue weighted by Crippen LogP contribution is 2.17. The minimum absolute atomic E-state index is 0.0553. The van der Waals surface area contributed by atoms with Gasteiger partial charge in [-0.3, -0.25) is 4.79 Å². The number of carbonyl (C=O) groups excluding carboxylic acids is 1. The average Bonchev–Trinajstić information content (AvgIpc) is 2.35. The third kappa shape index (κ3) is 6.32. The largest absolute Gasteiger partial charge is 0.355 e. The minimum atomic E-state index is -0.0553. The zero-order chi connectivity index (χ0) is 12.5. The number of thioether (sulfide) groups is 1. The molecule has 2 atom stereocenters. The molecule has 17 heavy (non-hydrogen) atoms. The van der Waals surface area contributed by atoms with E-state index in [2.05, 4.69) is 17.6 Å². The van der Waals surface area contributed by atoms with Crippen LogP contribution >= 0.6 is 11.8 Å². The fourth-order valence-corrected chi connectivity index (χ4v) is 3.13. The van der Waals surface area contributed by atoms with E-state index in [0.717, 1.165) is 18.7 Å². The van der Waals surface area contributed by atoms with Gasteiger partial charge in [-0.25, -0.2) is 0 Å². The van der Waals surface area contributed by atoms with E-state index in [0.29, 0.717) is 6.04 Å². The highest BCUT2D eigenvalue weighted by Gasteiger charge is 2.19. The first-order valence-corrected chi connectivity index (χ1v) is 8.01. The SMILES string of the molecule is CCCCCNC(=O)C(C)NC1CCCSC1. The van der Waals surface area contributed by atoms with Crippen molar-refractivity contribution in [2.45, 2.75) is 58.0 Å². The van der Waals surface area contributed by atoms with Crippen molar-refractivity contribution in [2.24, 2.45) is 0 Å². The van der Waals surface area contributed by atoms with Gasteiger partial charge >= 0.3 is 0 Å². The van der Waals surface area contributed by atoms with Crippen LogP contribution in [0.3, 0.4) is 0 Å². The first kappa shape index (κ1) is 14.8. The van der Waals surface area contributed by atoms with E-state index in [-0.39, 0.29) is 11.9 Å². The fourth-order valence-electron chi connectivity index (χ4n) is 2.04. The van der Waals surface area contributed by atoms with E-state index in [9.17, 15) is 4.79 Å². The van der Waals surface area contributed by atoms with E-state index in [1.807, 2.05) is 18.7 Å². The topological polar surface area (TPSA) is 41.1 Å². The van der Waals surface area contributed by atoms with Crippen LogP contribution in [-0.4, -0.2) is 36.0 Å². The molecule has 2 unspecified atom stereocenters. The Hall–Kier alpha value is -0.220. The third-order valence-corrected chi connectivity index (χ3v) is 4.33. The van der Waals surface area contributed by atoms with Crippen LogP contribution in [0.15, 0.2) is 0 Å². The summed E-state index contributed by atoms with van der Waals surface area (Å²) < 4.78 is 0. The van der Waals surface area contributed by atoms with Gasteiger partial charge in [-0.05, 0) is 31.9 Å². The lowest BCUT2D eigenvalue weighted by Gasteiger charge is -2.25. The molecule has 1 rings (SSSR count). The molecule has 1 fully saturated rings. The molecule has 0 radical (unpaired) electrons. The van der Waals surface area contributed by atoms with Crippen LogP contribution in [0, 0.1) is 0 Å². The Morgan fingerprint density at radius 3 is 2.94 bits per heavy atom. The Balaban J connectivity index is 2.12. The van der Waals surface area contributed by atoms with Crippen molar-refractivity contribution in [1.82, 2.24) is 10.6 Å². The van der Waals surface area contributed by atoms with Crippen LogP contribution in [0.1, 0.15) is 46.0 Å². The Kier molecular flexibility index (Phi) is 7.69. The maximum absolute atomic E-state index is 11.8. The van der Waals surface area contributed by atoms with Crippen molar-refractivity contribution in [1.29, 1.82) is 0 Å². The molecule has 1 amide bonds. The predicted molar refractivity (Wildman–Crippen MR) is 75.5 cm³/mol. The lowest BCUT2D eigenvalue weighted by molar-refractivity contribution is -0.122. The normalized spacial score (nSPS) is 22.1. The van der Waals surface area contributed by atoms with Crippen LogP contribution in [0.25, 0.3) is 0 Å². The van der Waals surface area contributed by atoms with Gasteiger partial charge in [0.2, 0.25) is 5.91 Å². The van der Waals surface area contributed by atoms with Gasteiger partial charge in [0, 0.05) is 18.3 Å². The van der Waals surface area contributed by atoms with Gasteiger partial charge in [0.25, 0.3) is 0 Å². The third-order valence-electron chi connectivity index (χ3n) is 3.12. The number of carbonyl (C=O) groups is 1. The lowest BCUT2D eigenvalue weighted by Crippen LogP contribution is -2.48. The standard InChI is InChI=1S/C13H26N2OS/c1-3-4-5-8-14-13(16)11(2)15-12-7-6-9-17-10-12/h11-12,15H,3-10H2,1-2H3,(H,14,16). The number of rotatable bonds is 7. The summed E-state index contributed by atoms with van der Waals surface area (Å²) in [7, 11) is 0. The fraction of sp³-hybridized carbons (Fsp3) is 0.923. The number of hydrogen-bond donors (Lipinski definition) is 2. The van der Waals surface area contributed by atoms with Crippen molar-refractivity contribution in [2.75, 3.05) is 18.1 Å². The maximum Gasteiger partial charge on any atom is 0.236 e. The van der Waals surface area contributed by atoms with Crippen molar-refractivity contribution in [3.63, 3.8) is 0 Å². The molecular weight excluding hydrogens is 232 g/mol. The molecule has 4 heteroatoms. The van der Waals surface area contributed by atoms with Crippen LogP contribution in [-0.2, 0) is 4.79 Å². The Morgan fingerprint density at radius 2 is 2.29 bits per heavy atom. The van der Waals surface area contributed by atoms with Gasteiger partial charge in [-0.2, -0.15) is 11.8 Å². The predicted octanol–water partition coefficient (Wildman–Crippen LogP) is 2.17. The molecule has 0 spiro atoms. The highest BCUT2D eigenvalue weighted by molar-refractivity contribution is 7.99.